The molecule has 0 radical (unpaired) electrons. The van der Waals surface area contributed by atoms with Gasteiger partial charge in [0.15, 0.2) is 5.11 Å². The Kier molecular flexibility index (Phi) is 6.43. The summed E-state index contributed by atoms with van der Waals surface area (Å²) in [5.74, 6) is -1.03. The minimum atomic E-state index is -0.536. The summed E-state index contributed by atoms with van der Waals surface area (Å²) in [5.41, 5.74) is 1.26. The van der Waals surface area contributed by atoms with Gasteiger partial charge < -0.3 is 0 Å². The van der Waals surface area contributed by atoms with Crippen molar-refractivity contribution in [3.63, 3.8) is 0 Å². The first-order valence-electron chi connectivity index (χ1n) is 9.12. The summed E-state index contributed by atoms with van der Waals surface area (Å²) in [4.78, 5) is 29.0. The van der Waals surface area contributed by atoms with E-state index in [1.807, 2.05) is 48.5 Å². The number of anilines is 1. The molecule has 0 aromatic heterocycles. The fraction of sp³-hybridized carbons (Fsp3) is 0. The summed E-state index contributed by atoms with van der Waals surface area (Å²) in [6.45, 7) is 0. The predicted octanol–water partition coefficient (Wildman–Crippen LogP) is 5.98. The second kappa shape index (κ2) is 9.24. The third-order valence-electron chi connectivity index (χ3n) is 4.45. The first-order valence-corrected chi connectivity index (χ1v) is 11.1. The van der Waals surface area contributed by atoms with E-state index >= 15 is 0 Å². The van der Waals surface area contributed by atoms with Crippen molar-refractivity contribution in [2.45, 2.75) is 9.79 Å². The molecule has 4 nitrogen and oxygen atoms in total. The van der Waals surface area contributed by atoms with Gasteiger partial charge >= 0.3 is 0 Å². The van der Waals surface area contributed by atoms with Crippen LogP contribution in [0, 0.1) is 0 Å². The Morgan fingerprint density at radius 2 is 1.48 bits per heavy atom. The van der Waals surface area contributed by atoms with Crippen LogP contribution in [0.15, 0.2) is 88.2 Å². The van der Waals surface area contributed by atoms with Gasteiger partial charge in [-0.1, -0.05) is 53.2 Å². The number of amides is 2. The summed E-state index contributed by atoms with van der Waals surface area (Å²) in [6.07, 6.45) is 1.58. The number of hydrogen-bond donors (Lipinski definition) is 1. The Hall–Kier alpha value is -2.64. The van der Waals surface area contributed by atoms with Gasteiger partial charge in [-0.3, -0.25) is 19.8 Å². The SMILES string of the molecule is O=C1NC(=S)N(c2ccc(Cl)cc2)C(=O)/C1=C/c1ccccc1Sc1ccc(Cl)cc1. The van der Waals surface area contributed by atoms with Gasteiger partial charge in [0.05, 0.1) is 5.69 Å². The largest absolute Gasteiger partial charge is 0.298 e. The maximum atomic E-state index is 13.2. The summed E-state index contributed by atoms with van der Waals surface area (Å²) >= 11 is 18.7. The molecule has 2 amide bonds. The highest BCUT2D eigenvalue weighted by Crippen LogP contribution is 2.33. The molecule has 31 heavy (non-hydrogen) atoms. The minimum absolute atomic E-state index is 0.00675. The number of halogens is 2. The highest BCUT2D eigenvalue weighted by molar-refractivity contribution is 7.99. The highest BCUT2D eigenvalue weighted by atomic mass is 35.5. The molecule has 0 saturated carbocycles. The van der Waals surface area contributed by atoms with E-state index in [-0.39, 0.29) is 10.7 Å². The van der Waals surface area contributed by atoms with E-state index in [0.717, 1.165) is 15.4 Å². The van der Waals surface area contributed by atoms with E-state index in [9.17, 15) is 9.59 Å². The number of hydrogen-bond acceptors (Lipinski definition) is 4. The van der Waals surface area contributed by atoms with Crippen LogP contribution in [0.1, 0.15) is 5.56 Å². The van der Waals surface area contributed by atoms with Crippen LogP contribution >= 0.6 is 47.2 Å². The average Bonchev–Trinajstić information content (AvgIpc) is 2.75. The van der Waals surface area contributed by atoms with Gasteiger partial charge in [-0.25, -0.2) is 0 Å². The number of carbonyl (C=O) groups excluding carboxylic acids is 2. The molecule has 0 unspecified atom stereocenters. The van der Waals surface area contributed by atoms with Crippen molar-refractivity contribution in [2.24, 2.45) is 0 Å². The summed E-state index contributed by atoms with van der Waals surface area (Å²) < 4.78 is 0. The van der Waals surface area contributed by atoms with Gasteiger partial charge in [0.2, 0.25) is 0 Å². The van der Waals surface area contributed by atoms with Crippen LogP contribution in [0.2, 0.25) is 10.0 Å². The van der Waals surface area contributed by atoms with Crippen LogP contribution in [-0.4, -0.2) is 16.9 Å². The molecule has 1 fully saturated rings. The third-order valence-corrected chi connectivity index (χ3v) is 6.33. The lowest BCUT2D eigenvalue weighted by molar-refractivity contribution is -0.122. The van der Waals surface area contributed by atoms with Gasteiger partial charge in [-0.05, 0) is 78.5 Å². The number of benzene rings is 3. The molecule has 3 aromatic rings. The molecule has 154 valence electrons. The third kappa shape index (κ3) is 4.83. The molecular formula is C23H14Cl2N2O2S2. The number of nitrogens with zero attached hydrogens (tertiary/aromatic N) is 1. The summed E-state index contributed by atoms with van der Waals surface area (Å²) in [7, 11) is 0. The van der Waals surface area contributed by atoms with Crippen molar-refractivity contribution in [3.05, 3.63) is 94.0 Å². The average molecular weight is 485 g/mol. The molecule has 1 heterocycles. The van der Waals surface area contributed by atoms with Crippen LogP contribution in [0.25, 0.3) is 6.08 Å². The van der Waals surface area contributed by atoms with E-state index in [4.69, 9.17) is 35.4 Å². The number of carbonyl (C=O) groups is 2. The Morgan fingerprint density at radius 3 is 2.16 bits per heavy atom. The summed E-state index contributed by atoms with van der Waals surface area (Å²) in [6, 6.07) is 21.6. The molecule has 0 aliphatic carbocycles. The highest BCUT2D eigenvalue weighted by Gasteiger charge is 2.34. The quantitative estimate of drug-likeness (QED) is 0.281. The topological polar surface area (TPSA) is 49.4 Å². The lowest BCUT2D eigenvalue weighted by Gasteiger charge is -2.29. The molecule has 1 aliphatic heterocycles. The first-order chi connectivity index (χ1) is 14.9. The zero-order valence-corrected chi connectivity index (χ0v) is 19.0. The van der Waals surface area contributed by atoms with Gasteiger partial charge in [0, 0.05) is 19.8 Å². The van der Waals surface area contributed by atoms with E-state index in [1.165, 1.54) is 16.7 Å². The van der Waals surface area contributed by atoms with E-state index < -0.39 is 11.8 Å². The van der Waals surface area contributed by atoms with E-state index in [0.29, 0.717) is 15.7 Å². The molecule has 1 saturated heterocycles. The number of rotatable bonds is 4. The Labute approximate surface area is 198 Å². The fourth-order valence-electron chi connectivity index (χ4n) is 2.96. The molecular weight excluding hydrogens is 471 g/mol. The van der Waals surface area contributed by atoms with Crippen molar-refractivity contribution in [1.29, 1.82) is 0 Å². The predicted molar refractivity (Wildman–Crippen MR) is 130 cm³/mol. The molecule has 1 N–H and O–H groups in total. The Morgan fingerprint density at radius 1 is 0.871 bits per heavy atom. The Balaban J connectivity index is 1.69. The molecule has 3 aromatic carbocycles. The molecule has 8 heteroatoms. The lowest BCUT2D eigenvalue weighted by atomic mass is 10.1. The van der Waals surface area contributed by atoms with Crippen LogP contribution in [0.4, 0.5) is 5.69 Å². The maximum Gasteiger partial charge on any atom is 0.270 e. The second-order valence-electron chi connectivity index (χ2n) is 6.53. The molecule has 4 rings (SSSR count). The molecule has 0 atom stereocenters. The van der Waals surface area contributed by atoms with Crippen molar-refractivity contribution < 1.29 is 9.59 Å². The smallest absolute Gasteiger partial charge is 0.270 e. The lowest BCUT2D eigenvalue weighted by Crippen LogP contribution is -2.54. The Bertz CT molecular complexity index is 1210. The maximum absolute atomic E-state index is 13.2. The number of thiocarbonyl (C=S) groups is 1. The minimum Gasteiger partial charge on any atom is -0.298 e. The van der Waals surface area contributed by atoms with Crippen LogP contribution in [-0.2, 0) is 9.59 Å². The fourth-order valence-corrected chi connectivity index (χ4v) is 4.41. The van der Waals surface area contributed by atoms with Gasteiger partial charge in [0.1, 0.15) is 5.57 Å². The number of nitrogens with one attached hydrogen (secondary N) is 1. The zero-order chi connectivity index (χ0) is 22.0. The zero-order valence-electron chi connectivity index (χ0n) is 15.8. The van der Waals surface area contributed by atoms with Crippen LogP contribution < -0.4 is 10.2 Å². The van der Waals surface area contributed by atoms with Gasteiger partial charge in [-0.15, -0.1) is 0 Å². The van der Waals surface area contributed by atoms with E-state index in [2.05, 4.69) is 5.32 Å². The summed E-state index contributed by atoms with van der Waals surface area (Å²) in [5, 5.41) is 3.81. The molecule has 1 aliphatic rings. The van der Waals surface area contributed by atoms with Gasteiger partial charge in [-0.2, -0.15) is 0 Å². The molecule has 0 bridgehead atoms. The van der Waals surface area contributed by atoms with Crippen molar-refractivity contribution in [3.8, 4) is 0 Å². The van der Waals surface area contributed by atoms with E-state index in [1.54, 1.807) is 30.3 Å². The van der Waals surface area contributed by atoms with Gasteiger partial charge in [0.25, 0.3) is 11.8 Å². The van der Waals surface area contributed by atoms with Crippen molar-refractivity contribution >= 4 is 75.9 Å². The van der Waals surface area contributed by atoms with Crippen LogP contribution in [0.5, 0.6) is 0 Å². The standard InChI is InChI=1S/C23H14Cl2N2O2S2/c24-15-5-9-17(10-6-15)27-22(29)19(21(28)26-23(27)30)13-14-3-1-2-4-20(14)31-18-11-7-16(25)8-12-18/h1-13H,(H,26,28,30)/b19-13+. The monoisotopic (exact) mass is 484 g/mol. The van der Waals surface area contributed by atoms with Crippen molar-refractivity contribution in [1.82, 2.24) is 5.32 Å². The van der Waals surface area contributed by atoms with Crippen molar-refractivity contribution in [2.75, 3.05) is 4.90 Å². The van der Waals surface area contributed by atoms with Crippen LogP contribution in [0.3, 0.4) is 0 Å². The first kappa shape index (κ1) is 21.6. The second-order valence-corrected chi connectivity index (χ2v) is 8.90. The normalized spacial score (nSPS) is 15.4. The molecule has 0 spiro atoms.